The van der Waals surface area contributed by atoms with Gasteiger partial charge in [0.15, 0.2) is 0 Å². The van der Waals surface area contributed by atoms with Crippen molar-refractivity contribution >= 4 is 21.5 Å². The first-order chi connectivity index (χ1) is 24.7. The molecule has 50 heavy (non-hydrogen) atoms. The van der Waals surface area contributed by atoms with Crippen molar-refractivity contribution in [2.75, 3.05) is 0 Å². The number of rotatable bonds is 6. The number of aromatic nitrogens is 2. The number of hydrogen-bond acceptors (Lipinski definition) is 2. The maximum Gasteiger partial charge on any atom is 0.0715 e. The van der Waals surface area contributed by atoms with Crippen molar-refractivity contribution in [1.29, 1.82) is 0 Å². The first-order valence-electron chi connectivity index (χ1n) is 17.0. The summed E-state index contributed by atoms with van der Waals surface area (Å²) in [5.41, 5.74) is 12.6. The maximum atomic E-state index is 5.24. The molecule has 0 unspecified atom stereocenters. The quantitative estimate of drug-likeness (QED) is 0.181. The van der Waals surface area contributed by atoms with Gasteiger partial charge in [0, 0.05) is 22.3 Å². The molecule has 2 nitrogen and oxygen atoms in total. The molecule has 9 rings (SSSR count). The lowest BCUT2D eigenvalue weighted by Crippen LogP contribution is -1.93. The highest BCUT2D eigenvalue weighted by molar-refractivity contribution is 5.90. The SMILES string of the molecule is c1ccc(-c2cc(-c3ccc4ccccc4c3)cc(-c3cccc(-c4cc(-c5ccc6ccccc6c5)cc(-c5ccccc5)n4)c3)n2)cc1. The van der Waals surface area contributed by atoms with Crippen LogP contribution in [0.25, 0.3) is 88.8 Å². The third-order valence-corrected chi connectivity index (χ3v) is 9.41. The average Bonchev–Trinajstić information content (AvgIpc) is 3.21. The number of fused-ring (bicyclic) bond motifs is 2. The third kappa shape index (κ3) is 5.85. The van der Waals surface area contributed by atoms with E-state index in [-0.39, 0.29) is 0 Å². The summed E-state index contributed by atoms with van der Waals surface area (Å²) >= 11 is 0. The van der Waals surface area contributed by atoms with E-state index in [9.17, 15) is 0 Å². The van der Waals surface area contributed by atoms with Gasteiger partial charge in [-0.05, 0) is 86.3 Å². The predicted octanol–water partition coefficient (Wildman–Crippen LogP) is 12.8. The Kier molecular flexibility index (Phi) is 7.53. The fourth-order valence-electron chi connectivity index (χ4n) is 6.78. The first-order valence-corrected chi connectivity index (χ1v) is 17.0. The lowest BCUT2D eigenvalue weighted by molar-refractivity contribution is 1.31. The lowest BCUT2D eigenvalue weighted by Gasteiger charge is -2.13. The van der Waals surface area contributed by atoms with Gasteiger partial charge in [0.25, 0.3) is 0 Å². The molecule has 0 fully saturated rings. The normalized spacial score (nSPS) is 11.2. The van der Waals surface area contributed by atoms with Crippen molar-refractivity contribution in [1.82, 2.24) is 9.97 Å². The van der Waals surface area contributed by atoms with E-state index >= 15 is 0 Å². The van der Waals surface area contributed by atoms with E-state index in [1.807, 2.05) is 12.1 Å². The van der Waals surface area contributed by atoms with Gasteiger partial charge in [-0.15, -0.1) is 0 Å². The minimum absolute atomic E-state index is 0.922. The van der Waals surface area contributed by atoms with E-state index in [0.29, 0.717) is 0 Å². The summed E-state index contributed by atoms with van der Waals surface area (Å²) in [7, 11) is 0. The van der Waals surface area contributed by atoms with E-state index in [2.05, 4.69) is 182 Å². The van der Waals surface area contributed by atoms with Gasteiger partial charge in [0.2, 0.25) is 0 Å². The molecule has 2 heteroatoms. The molecule has 0 aliphatic heterocycles. The van der Waals surface area contributed by atoms with Crippen molar-refractivity contribution in [3.05, 3.63) is 194 Å². The van der Waals surface area contributed by atoms with Crippen LogP contribution >= 0.6 is 0 Å². The van der Waals surface area contributed by atoms with Gasteiger partial charge in [-0.2, -0.15) is 0 Å². The molecule has 2 aromatic heterocycles. The van der Waals surface area contributed by atoms with Gasteiger partial charge in [-0.3, -0.25) is 0 Å². The molecule has 0 aliphatic carbocycles. The van der Waals surface area contributed by atoms with Crippen LogP contribution in [0.1, 0.15) is 0 Å². The Hall–Kier alpha value is -6.64. The number of nitrogens with zero attached hydrogens (tertiary/aromatic N) is 2. The predicted molar refractivity (Wildman–Crippen MR) is 210 cm³/mol. The zero-order chi connectivity index (χ0) is 33.3. The summed E-state index contributed by atoms with van der Waals surface area (Å²) in [6, 6.07) is 68.7. The molecular weight excluding hydrogens is 605 g/mol. The Bertz CT molecular complexity index is 2460. The average molecular weight is 637 g/mol. The van der Waals surface area contributed by atoms with Crippen molar-refractivity contribution in [2.24, 2.45) is 0 Å². The topological polar surface area (TPSA) is 25.8 Å². The Balaban J connectivity index is 1.19. The Morgan fingerprint density at radius 3 is 1.00 bits per heavy atom. The van der Waals surface area contributed by atoms with Gasteiger partial charge in [0.05, 0.1) is 22.8 Å². The van der Waals surface area contributed by atoms with Crippen molar-refractivity contribution in [2.45, 2.75) is 0 Å². The Labute approximate surface area is 292 Å². The van der Waals surface area contributed by atoms with E-state index in [1.165, 1.54) is 21.5 Å². The third-order valence-electron chi connectivity index (χ3n) is 9.41. The summed E-state index contributed by atoms with van der Waals surface area (Å²) in [5, 5.41) is 4.90. The molecule has 7 aromatic carbocycles. The van der Waals surface area contributed by atoms with Crippen LogP contribution in [-0.4, -0.2) is 9.97 Å². The molecular formula is C48H32N2. The number of benzene rings is 7. The highest BCUT2D eigenvalue weighted by atomic mass is 14.7. The molecule has 0 spiro atoms. The van der Waals surface area contributed by atoms with Crippen LogP contribution in [0, 0.1) is 0 Å². The van der Waals surface area contributed by atoms with E-state index < -0.39 is 0 Å². The van der Waals surface area contributed by atoms with E-state index in [4.69, 9.17) is 9.97 Å². The highest BCUT2D eigenvalue weighted by Crippen LogP contribution is 2.35. The fourth-order valence-corrected chi connectivity index (χ4v) is 6.78. The number of hydrogen-bond donors (Lipinski definition) is 0. The molecule has 0 saturated carbocycles. The standard InChI is InChI=1S/C48H32N2/c1-3-14-35(15-4-1)45-29-43(39-24-22-33-12-7-9-18-37(33)26-39)31-47(49-45)41-20-11-21-42(28-41)48-32-44(30-46(50-48)36-16-5-2-6-17-36)40-25-23-34-13-8-10-19-38(34)27-40/h1-32H. The van der Waals surface area contributed by atoms with E-state index in [1.54, 1.807) is 0 Å². The second-order valence-electron chi connectivity index (χ2n) is 12.7. The molecule has 0 atom stereocenters. The van der Waals surface area contributed by atoms with Gasteiger partial charge in [-0.1, -0.05) is 152 Å². The molecule has 0 aliphatic rings. The Morgan fingerprint density at radius 1 is 0.200 bits per heavy atom. The fraction of sp³-hybridized carbons (Fsp3) is 0. The van der Waals surface area contributed by atoms with Crippen LogP contribution in [0.4, 0.5) is 0 Å². The Morgan fingerprint density at radius 2 is 0.560 bits per heavy atom. The molecule has 234 valence electrons. The molecule has 9 aromatic rings. The molecule has 0 radical (unpaired) electrons. The molecule has 0 N–H and O–H groups in total. The minimum atomic E-state index is 0.922. The number of pyridine rings is 2. The first kappa shape index (κ1) is 29.5. The van der Waals surface area contributed by atoms with Gasteiger partial charge in [-0.25, -0.2) is 9.97 Å². The van der Waals surface area contributed by atoms with Crippen LogP contribution in [0.5, 0.6) is 0 Å². The van der Waals surface area contributed by atoms with Crippen LogP contribution in [0.2, 0.25) is 0 Å². The summed E-state index contributed by atoms with van der Waals surface area (Å²) in [5.74, 6) is 0. The molecule has 0 bridgehead atoms. The van der Waals surface area contributed by atoms with Crippen LogP contribution in [0.15, 0.2) is 194 Å². The summed E-state index contributed by atoms with van der Waals surface area (Å²) in [4.78, 5) is 10.5. The second-order valence-corrected chi connectivity index (χ2v) is 12.7. The summed E-state index contributed by atoms with van der Waals surface area (Å²) in [6.07, 6.45) is 0. The zero-order valence-electron chi connectivity index (χ0n) is 27.4. The lowest BCUT2D eigenvalue weighted by atomic mass is 9.96. The zero-order valence-corrected chi connectivity index (χ0v) is 27.4. The molecule has 0 amide bonds. The van der Waals surface area contributed by atoms with Crippen molar-refractivity contribution in [3.8, 4) is 67.3 Å². The van der Waals surface area contributed by atoms with Crippen LogP contribution < -0.4 is 0 Å². The van der Waals surface area contributed by atoms with Crippen LogP contribution in [0.3, 0.4) is 0 Å². The minimum Gasteiger partial charge on any atom is -0.248 e. The van der Waals surface area contributed by atoms with Crippen molar-refractivity contribution in [3.63, 3.8) is 0 Å². The monoisotopic (exact) mass is 636 g/mol. The van der Waals surface area contributed by atoms with Crippen LogP contribution in [-0.2, 0) is 0 Å². The largest absolute Gasteiger partial charge is 0.248 e. The maximum absolute atomic E-state index is 5.24. The van der Waals surface area contributed by atoms with Gasteiger partial charge in [0.1, 0.15) is 0 Å². The van der Waals surface area contributed by atoms with Gasteiger partial charge >= 0.3 is 0 Å². The second kappa shape index (κ2) is 12.8. The molecule has 0 saturated heterocycles. The van der Waals surface area contributed by atoms with E-state index in [0.717, 1.165) is 67.3 Å². The summed E-state index contributed by atoms with van der Waals surface area (Å²) < 4.78 is 0. The molecule has 2 heterocycles. The smallest absolute Gasteiger partial charge is 0.0715 e. The van der Waals surface area contributed by atoms with Crippen molar-refractivity contribution < 1.29 is 0 Å². The highest BCUT2D eigenvalue weighted by Gasteiger charge is 2.13. The van der Waals surface area contributed by atoms with Gasteiger partial charge < -0.3 is 0 Å². The summed E-state index contributed by atoms with van der Waals surface area (Å²) in [6.45, 7) is 0.